The van der Waals surface area contributed by atoms with Gasteiger partial charge in [-0.1, -0.05) is 0 Å². The van der Waals surface area contributed by atoms with E-state index in [1.54, 1.807) is 6.07 Å². The minimum Gasteiger partial charge on any atom is -0.500 e. The van der Waals surface area contributed by atoms with E-state index in [2.05, 4.69) is 0 Å². The molecule has 0 fully saturated rings. The second kappa shape index (κ2) is 6.56. The van der Waals surface area contributed by atoms with Crippen LogP contribution in [0.4, 0.5) is 10.1 Å². The highest BCUT2D eigenvalue weighted by molar-refractivity contribution is 7.99. The lowest BCUT2D eigenvalue weighted by atomic mass is 10.0. The maximum Gasteiger partial charge on any atom is 0.315 e. The van der Waals surface area contributed by atoms with Crippen LogP contribution in [0.5, 0.6) is 11.5 Å². The molecule has 0 saturated carbocycles. The topological polar surface area (TPSA) is 89.7 Å². The molecule has 25 heavy (non-hydrogen) atoms. The van der Waals surface area contributed by atoms with E-state index in [9.17, 15) is 24.4 Å². The summed E-state index contributed by atoms with van der Waals surface area (Å²) in [6.45, 7) is 0. The van der Waals surface area contributed by atoms with E-state index in [4.69, 9.17) is 4.74 Å². The number of nitrogens with zero attached hydrogens (tertiary/aromatic N) is 1. The number of carbonyl (C=O) groups is 1. The number of Topliss-reactive ketones (excluding diaryl/α,β-unsaturated/α-hetero) is 1. The van der Waals surface area contributed by atoms with Crippen LogP contribution < -0.4 is 4.74 Å². The van der Waals surface area contributed by atoms with Crippen molar-refractivity contribution in [3.8, 4) is 11.5 Å². The summed E-state index contributed by atoms with van der Waals surface area (Å²) < 4.78 is 18.3. The summed E-state index contributed by atoms with van der Waals surface area (Å²) in [4.78, 5) is 23.6. The highest BCUT2D eigenvalue weighted by Gasteiger charge is 2.24. The van der Waals surface area contributed by atoms with Crippen molar-refractivity contribution in [2.45, 2.75) is 4.90 Å². The van der Waals surface area contributed by atoms with Gasteiger partial charge in [-0.2, -0.15) is 0 Å². The number of ketones is 1. The second-order valence-corrected chi connectivity index (χ2v) is 6.29. The SMILES string of the molecule is COc1cc(C=C2CSc3ccc(F)cc3C2=O)cc([N+](=O)[O-])c1O. The normalized spacial score (nSPS) is 15.1. The van der Waals surface area contributed by atoms with Crippen molar-refractivity contribution in [3.05, 3.63) is 63.0 Å². The van der Waals surface area contributed by atoms with Crippen molar-refractivity contribution >= 4 is 29.3 Å². The molecule has 0 amide bonds. The number of halogens is 1. The van der Waals surface area contributed by atoms with Crippen LogP contribution in [0, 0.1) is 15.9 Å². The van der Waals surface area contributed by atoms with Gasteiger partial charge in [0.1, 0.15) is 5.82 Å². The molecule has 2 aromatic rings. The number of methoxy groups -OCH3 is 1. The highest BCUT2D eigenvalue weighted by atomic mass is 32.2. The van der Waals surface area contributed by atoms with Crippen LogP contribution in [0.1, 0.15) is 15.9 Å². The molecule has 0 atom stereocenters. The van der Waals surface area contributed by atoms with E-state index in [-0.39, 0.29) is 17.1 Å². The fraction of sp³-hybridized carbons (Fsp3) is 0.118. The number of hydrogen-bond acceptors (Lipinski definition) is 6. The van der Waals surface area contributed by atoms with Crippen molar-refractivity contribution in [2.75, 3.05) is 12.9 Å². The number of thioether (sulfide) groups is 1. The Balaban J connectivity index is 2.05. The summed E-state index contributed by atoms with van der Waals surface area (Å²) in [5.74, 6) is -1.12. The van der Waals surface area contributed by atoms with Crippen LogP contribution in [0.15, 0.2) is 40.8 Å². The van der Waals surface area contributed by atoms with Crippen LogP contribution in [-0.2, 0) is 0 Å². The smallest absolute Gasteiger partial charge is 0.315 e. The first-order chi connectivity index (χ1) is 11.9. The Hall–Kier alpha value is -2.87. The number of hydrogen-bond donors (Lipinski definition) is 1. The quantitative estimate of drug-likeness (QED) is 0.508. The first-order valence-electron chi connectivity index (χ1n) is 7.13. The number of carbonyl (C=O) groups excluding carboxylic acids is 1. The zero-order valence-electron chi connectivity index (χ0n) is 13.0. The molecule has 1 N–H and O–H groups in total. The van der Waals surface area contributed by atoms with Gasteiger partial charge in [-0.25, -0.2) is 4.39 Å². The van der Waals surface area contributed by atoms with Crippen molar-refractivity contribution in [3.63, 3.8) is 0 Å². The lowest BCUT2D eigenvalue weighted by Gasteiger charge is -2.17. The van der Waals surface area contributed by atoms with E-state index in [0.717, 1.165) is 6.07 Å². The number of fused-ring (bicyclic) bond motifs is 1. The molecule has 6 nitrogen and oxygen atoms in total. The molecular formula is C17H12FNO5S. The van der Waals surface area contributed by atoms with E-state index >= 15 is 0 Å². The number of phenols is 1. The number of rotatable bonds is 3. The third-order valence-electron chi connectivity index (χ3n) is 3.70. The van der Waals surface area contributed by atoms with Gasteiger partial charge < -0.3 is 9.84 Å². The molecule has 2 aromatic carbocycles. The van der Waals surface area contributed by atoms with Crippen LogP contribution >= 0.6 is 11.8 Å². The Bertz CT molecular complexity index is 925. The molecule has 1 aliphatic rings. The van der Waals surface area contributed by atoms with Crippen molar-refractivity contribution < 1.29 is 24.0 Å². The van der Waals surface area contributed by atoms with Crippen molar-refractivity contribution in [2.24, 2.45) is 0 Å². The largest absolute Gasteiger partial charge is 0.500 e. The number of ether oxygens (including phenoxy) is 1. The standard InChI is InChI=1S/C17H12FNO5S/c1-24-14-6-9(5-13(17(14)21)19(22)23)4-10-8-25-15-3-2-11(18)7-12(15)16(10)20/h2-7,21H,8H2,1H3. The van der Waals surface area contributed by atoms with Gasteiger partial charge in [0.2, 0.25) is 5.75 Å². The van der Waals surface area contributed by atoms with Gasteiger partial charge in [-0.15, -0.1) is 11.8 Å². The molecule has 0 radical (unpaired) electrons. The second-order valence-electron chi connectivity index (χ2n) is 5.28. The van der Waals surface area contributed by atoms with Gasteiger partial charge in [0.25, 0.3) is 0 Å². The van der Waals surface area contributed by atoms with Crippen LogP contribution in [0.25, 0.3) is 6.08 Å². The summed E-state index contributed by atoms with van der Waals surface area (Å²) >= 11 is 1.38. The van der Waals surface area contributed by atoms with Gasteiger partial charge in [0.15, 0.2) is 11.5 Å². The Morgan fingerprint density at radius 1 is 1.36 bits per heavy atom. The number of nitro groups is 1. The van der Waals surface area contributed by atoms with Gasteiger partial charge in [0, 0.05) is 27.9 Å². The maximum absolute atomic E-state index is 13.4. The molecule has 0 aromatic heterocycles. The van der Waals surface area contributed by atoms with Gasteiger partial charge in [0.05, 0.1) is 12.0 Å². The molecule has 0 aliphatic carbocycles. The number of benzene rings is 2. The molecule has 3 rings (SSSR count). The predicted molar refractivity (Wildman–Crippen MR) is 90.7 cm³/mol. The lowest BCUT2D eigenvalue weighted by Crippen LogP contribution is -2.12. The minimum atomic E-state index is -0.734. The van der Waals surface area contributed by atoms with E-state index in [1.165, 1.54) is 43.1 Å². The van der Waals surface area contributed by atoms with Gasteiger partial charge in [-0.05, 0) is 35.9 Å². The third-order valence-corrected chi connectivity index (χ3v) is 4.82. The zero-order chi connectivity index (χ0) is 18.1. The van der Waals surface area contributed by atoms with Crippen LogP contribution in [0.2, 0.25) is 0 Å². The first kappa shape index (κ1) is 17.0. The van der Waals surface area contributed by atoms with E-state index in [1.807, 2.05) is 0 Å². The average molecular weight is 361 g/mol. The predicted octanol–water partition coefficient (Wildman–Crippen LogP) is 3.82. The Labute approximate surface area is 146 Å². The van der Waals surface area contributed by atoms with Gasteiger partial charge in [-0.3, -0.25) is 14.9 Å². The van der Waals surface area contributed by atoms with E-state index < -0.39 is 22.2 Å². The summed E-state index contributed by atoms with van der Waals surface area (Å²) in [5, 5.41) is 20.9. The van der Waals surface area contributed by atoms with Crippen LogP contribution in [-0.4, -0.2) is 28.7 Å². The molecule has 0 saturated heterocycles. The highest BCUT2D eigenvalue weighted by Crippen LogP contribution is 2.39. The number of aromatic hydroxyl groups is 1. The maximum atomic E-state index is 13.4. The zero-order valence-corrected chi connectivity index (χ0v) is 13.8. The van der Waals surface area contributed by atoms with E-state index in [0.29, 0.717) is 21.8 Å². The first-order valence-corrected chi connectivity index (χ1v) is 8.12. The Morgan fingerprint density at radius 2 is 2.12 bits per heavy atom. The Morgan fingerprint density at radius 3 is 2.80 bits per heavy atom. The fourth-order valence-electron chi connectivity index (χ4n) is 2.50. The molecule has 0 spiro atoms. The molecule has 0 unspecified atom stereocenters. The molecule has 0 bridgehead atoms. The number of phenolic OH excluding ortho intramolecular Hbond substituents is 1. The van der Waals surface area contributed by atoms with Crippen molar-refractivity contribution in [1.29, 1.82) is 0 Å². The van der Waals surface area contributed by atoms with Crippen LogP contribution in [0.3, 0.4) is 0 Å². The molecule has 128 valence electrons. The molecule has 1 heterocycles. The third kappa shape index (κ3) is 3.20. The molecule has 8 heteroatoms. The molecule has 1 aliphatic heterocycles. The summed E-state index contributed by atoms with van der Waals surface area (Å²) in [6, 6.07) is 6.58. The summed E-state index contributed by atoms with van der Waals surface area (Å²) in [5.41, 5.74) is 0.464. The lowest BCUT2D eigenvalue weighted by molar-refractivity contribution is -0.386. The summed E-state index contributed by atoms with van der Waals surface area (Å²) in [7, 11) is 1.27. The molecular weight excluding hydrogens is 349 g/mol. The Kier molecular flexibility index (Phi) is 4.45. The van der Waals surface area contributed by atoms with Crippen molar-refractivity contribution in [1.82, 2.24) is 0 Å². The number of nitro benzene ring substituents is 1. The monoisotopic (exact) mass is 361 g/mol. The minimum absolute atomic E-state index is 0.0663. The van der Waals surface area contributed by atoms with Gasteiger partial charge >= 0.3 is 5.69 Å². The average Bonchev–Trinajstić information content (AvgIpc) is 2.58. The fourth-order valence-corrected chi connectivity index (χ4v) is 3.50. The summed E-state index contributed by atoms with van der Waals surface area (Å²) in [6.07, 6.45) is 1.48.